The molecule has 15 heavy (non-hydrogen) atoms. The molecule has 0 fully saturated rings. The zero-order valence-electron chi connectivity index (χ0n) is 9.36. The van der Waals surface area contributed by atoms with Crippen LogP contribution in [0.4, 0.5) is 11.5 Å². The van der Waals surface area contributed by atoms with Crippen molar-refractivity contribution in [2.75, 3.05) is 17.7 Å². The molecular weight excluding hydrogens is 188 g/mol. The molecule has 0 aromatic carbocycles. The third kappa shape index (κ3) is 2.59. The molecule has 0 aliphatic heterocycles. The van der Waals surface area contributed by atoms with E-state index in [1.165, 1.54) is 0 Å². The van der Waals surface area contributed by atoms with Crippen LogP contribution in [0, 0.1) is 18.3 Å². The second-order valence-corrected chi connectivity index (χ2v) is 3.69. The Labute approximate surface area is 90.3 Å². The van der Waals surface area contributed by atoms with Crippen LogP contribution in [0.25, 0.3) is 0 Å². The fourth-order valence-corrected chi connectivity index (χ4v) is 1.31. The molecule has 1 atom stereocenters. The van der Waals surface area contributed by atoms with E-state index in [0.717, 1.165) is 11.5 Å². The fraction of sp³-hybridized carbons (Fsp3) is 0.455. The van der Waals surface area contributed by atoms with Gasteiger partial charge in [-0.1, -0.05) is 0 Å². The second-order valence-electron chi connectivity index (χ2n) is 3.69. The molecule has 0 aliphatic carbocycles. The van der Waals surface area contributed by atoms with E-state index < -0.39 is 0 Å². The number of aryl methyl sites for hydroxylation is 1. The highest BCUT2D eigenvalue weighted by Gasteiger charge is 2.13. The number of hydrogen-bond donors (Lipinski definition) is 1. The number of anilines is 2. The minimum Gasteiger partial charge on any atom is -0.396 e. The van der Waals surface area contributed by atoms with Gasteiger partial charge in [-0.2, -0.15) is 5.26 Å². The average Bonchev–Trinajstić information content (AvgIpc) is 2.21. The van der Waals surface area contributed by atoms with Gasteiger partial charge in [-0.25, -0.2) is 4.98 Å². The van der Waals surface area contributed by atoms with E-state index in [4.69, 9.17) is 11.0 Å². The Bertz CT molecular complexity index is 381. The van der Waals surface area contributed by atoms with E-state index in [9.17, 15) is 0 Å². The summed E-state index contributed by atoms with van der Waals surface area (Å²) in [5, 5.41) is 8.63. The maximum atomic E-state index is 8.63. The summed E-state index contributed by atoms with van der Waals surface area (Å²) in [6.07, 6.45) is 0.464. The van der Waals surface area contributed by atoms with Crippen molar-refractivity contribution in [3.8, 4) is 6.07 Å². The van der Waals surface area contributed by atoms with E-state index >= 15 is 0 Å². The van der Waals surface area contributed by atoms with E-state index in [2.05, 4.69) is 11.1 Å². The maximum absolute atomic E-state index is 8.63. The molecule has 1 heterocycles. The molecule has 0 bridgehead atoms. The van der Waals surface area contributed by atoms with Crippen LogP contribution in [0.15, 0.2) is 12.1 Å². The van der Waals surface area contributed by atoms with Crippen molar-refractivity contribution in [3.63, 3.8) is 0 Å². The van der Waals surface area contributed by atoms with Crippen LogP contribution >= 0.6 is 0 Å². The van der Waals surface area contributed by atoms with Gasteiger partial charge in [-0.3, -0.25) is 0 Å². The maximum Gasteiger partial charge on any atom is 0.152 e. The minimum absolute atomic E-state index is 0.117. The number of hydrogen-bond acceptors (Lipinski definition) is 4. The van der Waals surface area contributed by atoms with Crippen LogP contribution in [0.2, 0.25) is 0 Å². The predicted octanol–water partition coefficient (Wildman–Crippen LogP) is 1.71. The summed E-state index contributed by atoms with van der Waals surface area (Å²) < 4.78 is 0. The molecule has 1 rings (SSSR count). The highest BCUT2D eigenvalue weighted by atomic mass is 15.2. The van der Waals surface area contributed by atoms with Crippen molar-refractivity contribution in [2.24, 2.45) is 0 Å². The van der Waals surface area contributed by atoms with Crippen LogP contribution in [-0.4, -0.2) is 18.1 Å². The highest BCUT2D eigenvalue weighted by Crippen LogP contribution is 2.21. The Kier molecular flexibility index (Phi) is 3.51. The number of nitrogen functional groups attached to an aromatic ring is 1. The largest absolute Gasteiger partial charge is 0.396 e. The van der Waals surface area contributed by atoms with E-state index in [1.807, 2.05) is 37.9 Å². The molecule has 4 nitrogen and oxygen atoms in total. The van der Waals surface area contributed by atoms with Crippen LogP contribution in [0.1, 0.15) is 19.0 Å². The summed E-state index contributed by atoms with van der Waals surface area (Å²) in [4.78, 5) is 6.30. The van der Waals surface area contributed by atoms with Crippen LogP contribution < -0.4 is 10.6 Å². The Morgan fingerprint density at radius 2 is 2.27 bits per heavy atom. The van der Waals surface area contributed by atoms with Gasteiger partial charge >= 0.3 is 0 Å². The van der Waals surface area contributed by atoms with Gasteiger partial charge in [0.05, 0.1) is 18.2 Å². The van der Waals surface area contributed by atoms with Crippen molar-refractivity contribution < 1.29 is 0 Å². The summed E-state index contributed by atoms with van der Waals surface area (Å²) in [6, 6.07) is 5.98. The van der Waals surface area contributed by atoms with Crippen molar-refractivity contribution in [2.45, 2.75) is 26.3 Å². The molecule has 0 radical (unpaired) electrons. The Balaban J connectivity index is 2.95. The summed E-state index contributed by atoms with van der Waals surface area (Å²) in [5.41, 5.74) is 7.41. The molecule has 0 saturated carbocycles. The molecule has 0 amide bonds. The number of aromatic nitrogens is 1. The van der Waals surface area contributed by atoms with Gasteiger partial charge in [0.15, 0.2) is 5.82 Å². The summed E-state index contributed by atoms with van der Waals surface area (Å²) in [6.45, 7) is 3.90. The van der Waals surface area contributed by atoms with Gasteiger partial charge in [-0.05, 0) is 26.0 Å². The first kappa shape index (κ1) is 11.3. The molecule has 0 saturated heterocycles. The van der Waals surface area contributed by atoms with Gasteiger partial charge in [-0.15, -0.1) is 0 Å². The smallest absolute Gasteiger partial charge is 0.152 e. The van der Waals surface area contributed by atoms with Crippen molar-refractivity contribution in [3.05, 3.63) is 17.8 Å². The van der Waals surface area contributed by atoms with Gasteiger partial charge in [0.25, 0.3) is 0 Å². The molecular formula is C11H16N4. The number of nitrogens with zero attached hydrogens (tertiary/aromatic N) is 3. The summed E-state index contributed by atoms with van der Waals surface area (Å²) >= 11 is 0. The zero-order chi connectivity index (χ0) is 11.4. The average molecular weight is 204 g/mol. The molecule has 1 unspecified atom stereocenters. The van der Waals surface area contributed by atoms with Crippen molar-refractivity contribution in [1.29, 1.82) is 5.26 Å². The quantitative estimate of drug-likeness (QED) is 0.814. The normalized spacial score (nSPS) is 11.9. The fourth-order valence-electron chi connectivity index (χ4n) is 1.31. The van der Waals surface area contributed by atoms with E-state index in [0.29, 0.717) is 12.1 Å². The summed E-state index contributed by atoms with van der Waals surface area (Å²) in [5.74, 6) is 0.748. The number of nitriles is 1. The monoisotopic (exact) mass is 204 g/mol. The second kappa shape index (κ2) is 4.65. The lowest BCUT2D eigenvalue weighted by Crippen LogP contribution is -2.30. The van der Waals surface area contributed by atoms with Gasteiger partial charge < -0.3 is 10.6 Å². The van der Waals surface area contributed by atoms with Crippen molar-refractivity contribution in [1.82, 2.24) is 4.98 Å². The molecule has 0 spiro atoms. The van der Waals surface area contributed by atoms with Gasteiger partial charge in [0.1, 0.15) is 0 Å². The lowest BCUT2D eigenvalue weighted by atomic mass is 10.2. The third-order valence-electron chi connectivity index (χ3n) is 2.43. The van der Waals surface area contributed by atoms with Crippen LogP contribution in [-0.2, 0) is 0 Å². The van der Waals surface area contributed by atoms with E-state index in [-0.39, 0.29) is 6.04 Å². The molecule has 0 aliphatic rings. The zero-order valence-corrected chi connectivity index (χ0v) is 9.36. The SMILES string of the molecule is Cc1ccc(N)c(N(C)C(C)CC#N)n1. The summed E-state index contributed by atoms with van der Waals surface area (Å²) in [7, 11) is 1.90. The van der Waals surface area contributed by atoms with E-state index in [1.54, 1.807) is 0 Å². The standard InChI is InChI=1S/C11H16N4/c1-8-4-5-10(13)11(14-8)15(3)9(2)6-7-12/h4-5,9H,6,13H2,1-3H3. The van der Waals surface area contributed by atoms with Crippen LogP contribution in [0.5, 0.6) is 0 Å². The minimum atomic E-state index is 0.117. The lowest BCUT2D eigenvalue weighted by Gasteiger charge is -2.25. The Morgan fingerprint density at radius 3 is 2.87 bits per heavy atom. The highest BCUT2D eigenvalue weighted by molar-refractivity contribution is 5.62. The molecule has 1 aromatic rings. The molecule has 2 N–H and O–H groups in total. The van der Waals surface area contributed by atoms with Gasteiger partial charge in [0, 0.05) is 18.8 Å². The topological polar surface area (TPSA) is 65.9 Å². The Morgan fingerprint density at radius 1 is 1.60 bits per heavy atom. The number of pyridine rings is 1. The predicted molar refractivity (Wildman–Crippen MR) is 61.5 cm³/mol. The van der Waals surface area contributed by atoms with Crippen molar-refractivity contribution >= 4 is 11.5 Å². The number of nitrogens with two attached hydrogens (primary N) is 1. The van der Waals surface area contributed by atoms with Crippen LogP contribution in [0.3, 0.4) is 0 Å². The first-order chi connectivity index (χ1) is 7.06. The number of rotatable bonds is 3. The third-order valence-corrected chi connectivity index (χ3v) is 2.43. The first-order valence-electron chi connectivity index (χ1n) is 4.89. The van der Waals surface area contributed by atoms with Gasteiger partial charge in [0.2, 0.25) is 0 Å². The molecule has 80 valence electrons. The molecule has 4 heteroatoms. The lowest BCUT2D eigenvalue weighted by molar-refractivity contribution is 0.694. The molecule has 1 aromatic heterocycles. The Hall–Kier alpha value is -1.76. The first-order valence-corrected chi connectivity index (χ1v) is 4.89.